The van der Waals surface area contributed by atoms with E-state index < -0.39 is 5.97 Å². The number of hydrogen-bond acceptors (Lipinski definition) is 5. The number of thiocarbonyl (C=S) groups is 1. The van der Waals surface area contributed by atoms with Gasteiger partial charge in [0.15, 0.2) is 0 Å². The van der Waals surface area contributed by atoms with Crippen LogP contribution >= 0.6 is 24.0 Å². The average molecular weight is 433 g/mol. The number of carboxylic acid groups (broad SMARTS) is 1. The van der Waals surface area contributed by atoms with Gasteiger partial charge in [-0.2, -0.15) is 0 Å². The number of hydrogen-bond donors (Lipinski definition) is 1. The Kier molecular flexibility index (Phi) is 7.08. The standard InChI is InChI=1S/C21H24N2O4S2/c1-2-3-12-22-15-10-7-6-9-14(15)17(19(22)26)18-20(27)23(21(28)29-18)13-8-4-5-11-16(24)25/h6-7,9-10H,2-5,8,11-13H2,1H3,(H,24,25)/b18-17-. The van der Waals surface area contributed by atoms with E-state index in [0.29, 0.717) is 47.2 Å². The number of aliphatic carboxylic acids is 1. The van der Waals surface area contributed by atoms with Crippen molar-refractivity contribution in [3.8, 4) is 0 Å². The molecule has 6 nitrogen and oxygen atoms in total. The van der Waals surface area contributed by atoms with Gasteiger partial charge in [-0.15, -0.1) is 0 Å². The number of benzene rings is 1. The maximum atomic E-state index is 13.2. The van der Waals surface area contributed by atoms with Crippen molar-refractivity contribution < 1.29 is 19.5 Å². The van der Waals surface area contributed by atoms with Crippen LogP contribution in [-0.2, 0) is 14.4 Å². The van der Waals surface area contributed by atoms with Crippen molar-refractivity contribution in [1.29, 1.82) is 0 Å². The number of rotatable bonds is 9. The molecule has 0 atom stereocenters. The summed E-state index contributed by atoms with van der Waals surface area (Å²) >= 11 is 6.59. The van der Waals surface area contributed by atoms with Crippen molar-refractivity contribution in [3.63, 3.8) is 0 Å². The highest BCUT2D eigenvalue weighted by molar-refractivity contribution is 8.26. The van der Waals surface area contributed by atoms with Gasteiger partial charge in [0.25, 0.3) is 11.8 Å². The number of amides is 2. The lowest BCUT2D eigenvalue weighted by Gasteiger charge is -2.16. The zero-order valence-corrected chi connectivity index (χ0v) is 18.0. The third kappa shape index (κ3) is 4.53. The predicted molar refractivity (Wildman–Crippen MR) is 119 cm³/mol. The highest BCUT2D eigenvalue weighted by atomic mass is 32.2. The van der Waals surface area contributed by atoms with Gasteiger partial charge < -0.3 is 10.0 Å². The van der Waals surface area contributed by atoms with Crippen molar-refractivity contribution in [2.75, 3.05) is 18.0 Å². The summed E-state index contributed by atoms with van der Waals surface area (Å²) in [6, 6.07) is 7.57. The number of carbonyl (C=O) groups is 3. The Morgan fingerprint density at radius 1 is 1.03 bits per heavy atom. The van der Waals surface area contributed by atoms with E-state index in [9.17, 15) is 14.4 Å². The van der Waals surface area contributed by atoms with Crippen LogP contribution in [0.2, 0.25) is 0 Å². The second-order valence-corrected chi connectivity index (χ2v) is 8.70. The quantitative estimate of drug-likeness (QED) is 0.360. The van der Waals surface area contributed by atoms with Crippen LogP contribution in [0.3, 0.4) is 0 Å². The molecule has 29 heavy (non-hydrogen) atoms. The number of carboxylic acids is 1. The molecule has 3 rings (SSSR count). The van der Waals surface area contributed by atoms with Crippen LogP contribution in [0.15, 0.2) is 29.2 Å². The van der Waals surface area contributed by atoms with Crippen LogP contribution in [0.4, 0.5) is 5.69 Å². The van der Waals surface area contributed by atoms with Gasteiger partial charge in [-0.1, -0.05) is 61.9 Å². The molecule has 1 N–H and O–H groups in total. The summed E-state index contributed by atoms with van der Waals surface area (Å²) < 4.78 is 0.452. The molecule has 2 aliphatic heterocycles. The molecular weight excluding hydrogens is 408 g/mol. The molecule has 2 amide bonds. The second kappa shape index (κ2) is 9.54. The first kappa shape index (κ1) is 21.5. The van der Waals surface area contributed by atoms with Gasteiger partial charge in [0, 0.05) is 25.1 Å². The predicted octanol–water partition coefficient (Wildman–Crippen LogP) is 4.05. The first-order valence-electron chi connectivity index (χ1n) is 9.86. The Morgan fingerprint density at radius 2 is 1.76 bits per heavy atom. The van der Waals surface area contributed by atoms with E-state index in [2.05, 4.69) is 6.92 Å². The maximum absolute atomic E-state index is 13.2. The lowest BCUT2D eigenvalue weighted by molar-refractivity contribution is -0.137. The average Bonchev–Trinajstić information content (AvgIpc) is 3.12. The smallest absolute Gasteiger partial charge is 0.303 e. The number of unbranched alkanes of at least 4 members (excludes halogenated alkanes) is 3. The summed E-state index contributed by atoms with van der Waals surface area (Å²) in [5, 5.41) is 8.71. The molecule has 0 spiro atoms. The molecule has 0 radical (unpaired) electrons. The Morgan fingerprint density at radius 3 is 2.48 bits per heavy atom. The number of carbonyl (C=O) groups excluding carboxylic acids is 2. The van der Waals surface area contributed by atoms with Gasteiger partial charge in [0.05, 0.1) is 16.2 Å². The Hall–Kier alpha value is -2.19. The largest absolute Gasteiger partial charge is 0.481 e. The third-order valence-electron chi connectivity index (χ3n) is 5.01. The highest BCUT2D eigenvalue weighted by Crippen LogP contribution is 2.44. The second-order valence-electron chi connectivity index (χ2n) is 7.06. The zero-order valence-electron chi connectivity index (χ0n) is 16.3. The number of anilines is 1. The first-order valence-corrected chi connectivity index (χ1v) is 11.1. The van der Waals surface area contributed by atoms with Gasteiger partial charge in [0.2, 0.25) is 0 Å². The molecule has 0 aliphatic carbocycles. The fourth-order valence-electron chi connectivity index (χ4n) is 3.50. The fourth-order valence-corrected chi connectivity index (χ4v) is 4.88. The van der Waals surface area contributed by atoms with Crippen LogP contribution < -0.4 is 4.90 Å². The van der Waals surface area contributed by atoms with Gasteiger partial charge in [-0.3, -0.25) is 19.3 Å². The van der Waals surface area contributed by atoms with Crippen LogP contribution in [0.5, 0.6) is 0 Å². The van der Waals surface area contributed by atoms with E-state index in [-0.39, 0.29) is 18.2 Å². The van der Waals surface area contributed by atoms with Crippen LogP contribution in [-0.4, -0.2) is 45.2 Å². The van der Waals surface area contributed by atoms with Gasteiger partial charge >= 0.3 is 5.97 Å². The number of fused-ring (bicyclic) bond motifs is 1. The van der Waals surface area contributed by atoms with Gasteiger partial charge in [0.1, 0.15) is 4.32 Å². The van der Waals surface area contributed by atoms with Crippen molar-refractivity contribution in [2.24, 2.45) is 0 Å². The van der Waals surface area contributed by atoms with E-state index in [1.165, 1.54) is 16.7 Å². The van der Waals surface area contributed by atoms with Crippen molar-refractivity contribution >= 4 is 57.3 Å². The monoisotopic (exact) mass is 432 g/mol. The molecule has 0 aromatic heterocycles. The highest BCUT2D eigenvalue weighted by Gasteiger charge is 2.41. The summed E-state index contributed by atoms with van der Waals surface area (Å²) in [5.41, 5.74) is 2.08. The Balaban J connectivity index is 1.80. The third-order valence-corrected chi connectivity index (χ3v) is 6.46. The minimum atomic E-state index is -0.814. The van der Waals surface area contributed by atoms with Crippen molar-refractivity contribution in [1.82, 2.24) is 4.90 Å². The SMILES string of the molecule is CCCCN1C(=O)/C(=C2\SC(=S)N(CCCCCC(=O)O)C2=O)c2ccccc21. The molecule has 154 valence electrons. The number of nitrogens with zero attached hydrogens (tertiary/aromatic N) is 2. The normalized spacial score (nSPS) is 18.7. The van der Waals surface area contributed by atoms with Gasteiger partial charge in [-0.05, 0) is 25.3 Å². The van der Waals surface area contributed by atoms with E-state index in [1.54, 1.807) is 4.90 Å². The number of para-hydroxylation sites is 1. The first-order chi connectivity index (χ1) is 14.0. The summed E-state index contributed by atoms with van der Waals surface area (Å²) in [4.78, 5) is 40.5. The lowest BCUT2D eigenvalue weighted by atomic mass is 10.1. The Labute approximate surface area is 179 Å². The van der Waals surface area contributed by atoms with E-state index in [0.717, 1.165) is 24.1 Å². The lowest BCUT2D eigenvalue weighted by Crippen LogP contribution is -2.30. The molecule has 0 unspecified atom stereocenters. The molecule has 2 aliphatic rings. The topological polar surface area (TPSA) is 77.9 Å². The molecule has 2 heterocycles. The maximum Gasteiger partial charge on any atom is 0.303 e. The minimum absolute atomic E-state index is 0.126. The molecule has 0 bridgehead atoms. The van der Waals surface area contributed by atoms with E-state index >= 15 is 0 Å². The number of thioether (sulfide) groups is 1. The molecule has 1 aromatic carbocycles. The summed E-state index contributed by atoms with van der Waals surface area (Å²) in [6.07, 6.45) is 3.96. The summed E-state index contributed by atoms with van der Waals surface area (Å²) in [6.45, 7) is 3.14. The molecule has 8 heteroatoms. The van der Waals surface area contributed by atoms with Crippen molar-refractivity contribution in [2.45, 2.75) is 45.4 Å². The Bertz CT molecular complexity index is 881. The van der Waals surface area contributed by atoms with Crippen molar-refractivity contribution in [3.05, 3.63) is 34.7 Å². The minimum Gasteiger partial charge on any atom is -0.481 e. The summed E-state index contributed by atoms with van der Waals surface area (Å²) in [5.74, 6) is -1.18. The molecule has 1 fully saturated rings. The molecule has 0 saturated carbocycles. The fraction of sp³-hybridized carbons (Fsp3) is 0.429. The summed E-state index contributed by atoms with van der Waals surface area (Å²) in [7, 11) is 0. The van der Waals surface area contributed by atoms with E-state index in [1.807, 2.05) is 24.3 Å². The molecule has 1 aromatic rings. The zero-order chi connectivity index (χ0) is 21.0. The van der Waals surface area contributed by atoms with Crippen LogP contribution in [0.1, 0.15) is 51.0 Å². The molecule has 1 saturated heterocycles. The van der Waals surface area contributed by atoms with Gasteiger partial charge in [-0.25, -0.2) is 0 Å². The molecular formula is C21H24N2O4S2. The van der Waals surface area contributed by atoms with Crippen LogP contribution in [0, 0.1) is 0 Å². The van der Waals surface area contributed by atoms with E-state index in [4.69, 9.17) is 17.3 Å². The van der Waals surface area contributed by atoms with Crippen LogP contribution in [0.25, 0.3) is 5.57 Å².